The Labute approximate surface area is 218 Å². The first kappa shape index (κ1) is 24.9. The zero-order valence-corrected chi connectivity index (χ0v) is 22.5. The molecule has 1 N–H and O–H groups in total. The number of halogens is 1. The molecule has 0 aromatic heterocycles. The molecule has 2 fully saturated rings. The molecule has 2 aromatic carbocycles. The monoisotopic (exact) mass is 535 g/mol. The van der Waals surface area contributed by atoms with Crippen molar-refractivity contribution in [2.24, 2.45) is 0 Å². The Balaban J connectivity index is 1.51. The first-order chi connectivity index (χ1) is 16.8. The minimum Gasteiger partial charge on any atom is -0.443 e. The lowest BCUT2D eigenvalue weighted by Gasteiger charge is -2.43. The van der Waals surface area contributed by atoms with E-state index in [0.29, 0.717) is 30.4 Å². The minimum atomic E-state index is -0.627. The summed E-state index contributed by atoms with van der Waals surface area (Å²) in [7, 11) is 3.63. The van der Waals surface area contributed by atoms with E-state index in [0.717, 1.165) is 34.4 Å². The van der Waals surface area contributed by atoms with Crippen molar-refractivity contribution >= 4 is 61.8 Å². The zero-order valence-electron chi connectivity index (χ0n) is 20.1. The normalized spacial score (nSPS) is 24.2. The number of piperazine rings is 1. The summed E-state index contributed by atoms with van der Waals surface area (Å²) in [6, 6.07) is 10.0. The van der Waals surface area contributed by atoms with Crippen molar-refractivity contribution in [1.29, 1.82) is 0 Å². The van der Waals surface area contributed by atoms with Gasteiger partial charge in [0.15, 0.2) is 0 Å². The van der Waals surface area contributed by atoms with Crippen molar-refractivity contribution in [1.82, 2.24) is 10.2 Å². The first-order valence-electron chi connectivity index (χ1n) is 11.8. The van der Waals surface area contributed by atoms with Crippen LogP contribution in [0.1, 0.15) is 32.3 Å². The lowest BCUT2D eigenvalue weighted by molar-refractivity contribution is 0.0582. The van der Waals surface area contributed by atoms with Crippen molar-refractivity contribution in [3.8, 4) is 5.75 Å². The molecule has 0 aliphatic carbocycles. The van der Waals surface area contributed by atoms with Crippen LogP contribution in [0.15, 0.2) is 30.3 Å². The van der Waals surface area contributed by atoms with Crippen molar-refractivity contribution in [3.63, 3.8) is 0 Å². The second kappa shape index (κ2) is 9.92. The predicted octanol–water partition coefficient (Wildman–Crippen LogP) is 5.45. The third-order valence-electron chi connectivity index (χ3n) is 6.55. The Morgan fingerprint density at radius 2 is 1.89 bits per heavy atom. The van der Waals surface area contributed by atoms with E-state index in [1.807, 2.05) is 60.7 Å². The van der Waals surface area contributed by atoms with Crippen LogP contribution in [0.25, 0.3) is 10.8 Å². The van der Waals surface area contributed by atoms with Gasteiger partial charge in [-0.1, -0.05) is 45.9 Å². The fraction of sp³-hybridized carbons (Fsp3) is 0.520. The van der Waals surface area contributed by atoms with Gasteiger partial charge in [0.1, 0.15) is 11.4 Å². The zero-order chi connectivity index (χ0) is 24.7. The second-order valence-corrected chi connectivity index (χ2v) is 12.9. The molecule has 0 saturated carbocycles. The number of nitrogens with zero attached hydrogens (tertiary/aromatic N) is 2. The average molecular weight is 536 g/mol. The molecule has 2 saturated heterocycles. The molecular weight excluding hydrogens is 506 g/mol. The Morgan fingerprint density at radius 3 is 2.63 bits per heavy atom. The quantitative estimate of drug-likeness (QED) is 0.405. The highest BCUT2D eigenvalue weighted by molar-refractivity contribution is 8.76. The molecule has 10 heteroatoms. The summed E-state index contributed by atoms with van der Waals surface area (Å²) in [4.78, 5) is 30.0. The van der Waals surface area contributed by atoms with E-state index in [-0.39, 0.29) is 24.1 Å². The van der Waals surface area contributed by atoms with Crippen LogP contribution >= 0.6 is 33.2 Å². The number of benzene rings is 2. The highest BCUT2D eigenvalue weighted by Gasteiger charge is 2.39. The molecule has 0 spiro atoms. The number of carbonyl (C=O) groups is 2. The number of hydrogen-bond donors (Lipinski definition) is 1. The summed E-state index contributed by atoms with van der Waals surface area (Å²) in [6.07, 6.45) is -0.782. The van der Waals surface area contributed by atoms with Gasteiger partial charge in [-0.3, -0.25) is 4.90 Å². The Morgan fingerprint density at radius 1 is 1.14 bits per heavy atom. The number of alkyl halides is 1. The average Bonchev–Trinajstić information content (AvgIpc) is 3.21. The highest BCUT2D eigenvalue weighted by Crippen LogP contribution is 2.46. The van der Waals surface area contributed by atoms with E-state index >= 15 is 0 Å². The molecule has 2 aromatic rings. The third kappa shape index (κ3) is 4.92. The van der Waals surface area contributed by atoms with Crippen LogP contribution in [0.2, 0.25) is 0 Å². The van der Waals surface area contributed by atoms with Gasteiger partial charge in [0.25, 0.3) is 0 Å². The van der Waals surface area contributed by atoms with Crippen LogP contribution in [0.5, 0.6) is 5.75 Å². The summed E-state index contributed by atoms with van der Waals surface area (Å²) in [5.41, 5.74) is 1.05. The van der Waals surface area contributed by atoms with E-state index in [2.05, 4.69) is 5.32 Å². The van der Waals surface area contributed by atoms with E-state index in [1.54, 1.807) is 21.8 Å². The van der Waals surface area contributed by atoms with E-state index < -0.39 is 11.7 Å². The molecule has 3 heterocycles. The van der Waals surface area contributed by atoms with Crippen molar-refractivity contribution in [2.45, 2.75) is 44.4 Å². The lowest BCUT2D eigenvalue weighted by atomic mass is 9.95. The molecule has 3 atom stereocenters. The number of rotatable bonds is 2. The number of fused-ring (bicyclic) bond motifs is 4. The van der Waals surface area contributed by atoms with Crippen LogP contribution < -0.4 is 15.0 Å². The molecule has 0 unspecified atom stereocenters. The fourth-order valence-electron chi connectivity index (χ4n) is 5.00. The topological polar surface area (TPSA) is 71.1 Å². The molecule has 188 valence electrons. The van der Waals surface area contributed by atoms with Crippen molar-refractivity contribution in [2.75, 3.05) is 41.9 Å². The summed E-state index contributed by atoms with van der Waals surface area (Å²) >= 11 is 6.35. The smallest absolute Gasteiger partial charge is 0.415 e. The van der Waals surface area contributed by atoms with Gasteiger partial charge in [0.2, 0.25) is 0 Å². The third-order valence-corrected chi connectivity index (χ3v) is 9.38. The Bertz CT molecular complexity index is 1140. The van der Waals surface area contributed by atoms with Crippen molar-refractivity contribution < 1.29 is 19.1 Å². The molecule has 0 bridgehead atoms. The summed E-state index contributed by atoms with van der Waals surface area (Å²) in [5, 5.41) is 5.30. The van der Waals surface area contributed by atoms with E-state index in [1.165, 1.54) is 0 Å². The van der Waals surface area contributed by atoms with Gasteiger partial charge in [-0.05, 0) is 31.7 Å². The fourth-order valence-corrected chi connectivity index (χ4v) is 7.92. The molecular formula is C25H30ClN3O4S2. The number of amides is 2. The Hall–Kier alpha value is -1.81. The van der Waals surface area contributed by atoms with Gasteiger partial charge < -0.3 is 19.7 Å². The van der Waals surface area contributed by atoms with Gasteiger partial charge >= 0.3 is 12.2 Å². The van der Waals surface area contributed by atoms with Crippen LogP contribution in [-0.4, -0.2) is 71.8 Å². The van der Waals surface area contributed by atoms with Crippen LogP contribution in [0.4, 0.5) is 15.3 Å². The van der Waals surface area contributed by atoms with E-state index in [9.17, 15) is 9.59 Å². The first-order valence-corrected chi connectivity index (χ1v) is 14.9. The maximum absolute atomic E-state index is 13.4. The van der Waals surface area contributed by atoms with Gasteiger partial charge in [0.05, 0.1) is 11.7 Å². The molecule has 35 heavy (non-hydrogen) atoms. The second-order valence-electron chi connectivity index (χ2n) is 10.1. The number of ether oxygens (including phenoxy) is 2. The molecule has 3 aliphatic rings. The van der Waals surface area contributed by atoms with Gasteiger partial charge in [-0.15, -0.1) is 11.6 Å². The number of nitrogens with one attached hydrogen (secondary N) is 1. The summed E-state index contributed by atoms with van der Waals surface area (Å²) in [6.45, 7) is 7.31. The lowest BCUT2D eigenvalue weighted by Crippen LogP contribution is -2.62. The minimum absolute atomic E-state index is 0.0421. The Kier molecular flexibility index (Phi) is 7.05. The molecule has 0 radical (unpaired) electrons. The molecule has 7 nitrogen and oxygen atoms in total. The van der Waals surface area contributed by atoms with Gasteiger partial charge in [-0.25, -0.2) is 9.59 Å². The largest absolute Gasteiger partial charge is 0.443 e. The van der Waals surface area contributed by atoms with Crippen LogP contribution in [0.3, 0.4) is 0 Å². The standard InChI is InChI=1S/C25H30ClN3O4S2/c1-25(2,3)33-24(31)29-12-15(11-26)22-17-7-5-4-6-16(17)21(10-19(22)29)32-23(30)28-9-8-27-18-13-34-35-14-20(18)28/h4-7,10,15,18,20,27H,8-9,11-14H2,1-3H3/t15-,18-,20+/m1/s1. The van der Waals surface area contributed by atoms with Crippen LogP contribution in [-0.2, 0) is 4.74 Å². The number of anilines is 1. The number of hydrogen-bond acceptors (Lipinski definition) is 7. The van der Waals surface area contributed by atoms with Crippen molar-refractivity contribution in [3.05, 3.63) is 35.9 Å². The maximum Gasteiger partial charge on any atom is 0.415 e. The summed E-state index contributed by atoms with van der Waals surface area (Å²) < 4.78 is 11.7. The molecule has 5 rings (SSSR count). The number of carbonyl (C=O) groups excluding carboxylic acids is 2. The summed E-state index contributed by atoms with van der Waals surface area (Å²) in [5.74, 6) is 2.60. The maximum atomic E-state index is 13.4. The van der Waals surface area contributed by atoms with E-state index in [4.69, 9.17) is 21.1 Å². The molecule has 3 aliphatic heterocycles. The SMILES string of the molecule is CC(C)(C)OC(=O)N1C[C@@H](CCl)c2c1cc(OC(=O)N1CCN[C@@H]3CSSC[C@@H]31)c1ccccc21. The van der Waals surface area contributed by atoms with Gasteiger partial charge in [0, 0.05) is 60.4 Å². The predicted molar refractivity (Wildman–Crippen MR) is 144 cm³/mol. The van der Waals surface area contributed by atoms with Crippen LogP contribution in [0, 0.1) is 0 Å². The van der Waals surface area contributed by atoms with Gasteiger partial charge in [-0.2, -0.15) is 0 Å². The molecule has 2 amide bonds. The highest BCUT2D eigenvalue weighted by atomic mass is 35.5.